The highest BCUT2D eigenvalue weighted by Crippen LogP contribution is 2.40. The molecule has 0 radical (unpaired) electrons. The Bertz CT molecular complexity index is 3840. The number of benzene rings is 10. The molecule has 0 aliphatic carbocycles. The molecular formula is C60H41N3Si. The Morgan fingerprint density at radius 2 is 0.547 bits per heavy atom. The van der Waals surface area contributed by atoms with Crippen LogP contribution in [0.15, 0.2) is 249 Å². The Hall–Kier alpha value is -8.18. The molecule has 0 spiro atoms. The lowest BCUT2D eigenvalue weighted by Crippen LogP contribution is -2.74. The Kier molecular flexibility index (Phi) is 8.23. The summed E-state index contributed by atoms with van der Waals surface area (Å²) in [6.45, 7) is 0. The summed E-state index contributed by atoms with van der Waals surface area (Å²) in [6.07, 6.45) is 0. The molecule has 3 nitrogen and oxygen atoms in total. The van der Waals surface area contributed by atoms with Crippen LogP contribution in [0, 0.1) is 0 Å². The van der Waals surface area contributed by atoms with Crippen molar-refractivity contribution in [2.75, 3.05) is 0 Å². The number of aromatic nitrogens is 3. The second-order valence-corrected chi connectivity index (χ2v) is 20.7. The fourth-order valence-corrected chi connectivity index (χ4v) is 15.7. The molecule has 0 saturated carbocycles. The lowest BCUT2D eigenvalue weighted by molar-refractivity contribution is 1.18. The van der Waals surface area contributed by atoms with Crippen LogP contribution in [0.5, 0.6) is 0 Å². The lowest BCUT2D eigenvalue weighted by Gasteiger charge is -2.35. The van der Waals surface area contributed by atoms with Gasteiger partial charge in [0.1, 0.15) is 0 Å². The van der Waals surface area contributed by atoms with Crippen LogP contribution in [-0.4, -0.2) is 21.8 Å². The normalized spacial score (nSPS) is 12.1. The van der Waals surface area contributed by atoms with Gasteiger partial charge in [0, 0.05) is 49.4 Å². The van der Waals surface area contributed by atoms with Crippen molar-refractivity contribution in [3.63, 3.8) is 0 Å². The minimum Gasteiger partial charge on any atom is -0.309 e. The van der Waals surface area contributed by atoms with Gasteiger partial charge < -0.3 is 13.7 Å². The topological polar surface area (TPSA) is 14.8 Å². The Balaban J connectivity index is 1.10. The van der Waals surface area contributed by atoms with E-state index in [0.717, 1.165) is 17.1 Å². The molecule has 300 valence electrons. The van der Waals surface area contributed by atoms with Crippen LogP contribution in [0.3, 0.4) is 0 Å². The average molecular weight is 832 g/mol. The monoisotopic (exact) mass is 831 g/mol. The third-order valence-corrected chi connectivity index (χ3v) is 18.3. The minimum absolute atomic E-state index is 1.15. The summed E-state index contributed by atoms with van der Waals surface area (Å²) < 4.78 is 7.35. The van der Waals surface area contributed by atoms with E-state index in [-0.39, 0.29) is 0 Å². The summed E-state index contributed by atoms with van der Waals surface area (Å²) in [5, 5.41) is 12.9. The van der Waals surface area contributed by atoms with Gasteiger partial charge in [-0.1, -0.05) is 176 Å². The van der Waals surface area contributed by atoms with Crippen LogP contribution in [0.4, 0.5) is 0 Å². The number of fused-ring (bicyclic) bond motifs is 9. The molecule has 3 aromatic heterocycles. The molecule has 0 amide bonds. The zero-order chi connectivity index (χ0) is 42.2. The van der Waals surface area contributed by atoms with E-state index < -0.39 is 8.07 Å². The van der Waals surface area contributed by atoms with Crippen LogP contribution >= 0.6 is 0 Å². The van der Waals surface area contributed by atoms with Gasteiger partial charge in [-0.3, -0.25) is 0 Å². The molecule has 13 rings (SSSR count). The van der Waals surface area contributed by atoms with Gasteiger partial charge in [-0.25, -0.2) is 0 Å². The van der Waals surface area contributed by atoms with Gasteiger partial charge in [-0.05, 0) is 93.5 Å². The van der Waals surface area contributed by atoms with Gasteiger partial charge in [-0.15, -0.1) is 0 Å². The fourth-order valence-electron chi connectivity index (χ4n) is 10.9. The van der Waals surface area contributed by atoms with Crippen LogP contribution in [0.2, 0.25) is 0 Å². The molecule has 3 heterocycles. The summed E-state index contributed by atoms with van der Waals surface area (Å²) in [6, 6.07) is 92.4. The Morgan fingerprint density at radius 3 is 1.05 bits per heavy atom. The predicted octanol–water partition coefficient (Wildman–Crippen LogP) is 12.4. The number of para-hydroxylation sites is 5. The molecule has 0 atom stereocenters. The van der Waals surface area contributed by atoms with Crippen LogP contribution in [-0.2, 0) is 0 Å². The van der Waals surface area contributed by atoms with E-state index in [9.17, 15) is 0 Å². The fraction of sp³-hybridized carbons (Fsp3) is 0. The maximum Gasteiger partial charge on any atom is 0.179 e. The molecule has 0 aliphatic heterocycles. The molecule has 13 aromatic rings. The van der Waals surface area contributed by atoms with Gasteiger partial charge in [0.25, 0.3) is 0 Å². The van der Waals surface area contributed by atoms with Crippen molar-refractivity contribution >= 4 is 94.2 Å². The van der Waals surface area contributed by atoms with Crippen molar-refractivity contribution in [2.45, 2.75) is 0 Å². The molecule has 0 N–H and O–H groups in total. The van der Waals surface area contributed by atoms with Crippen LogP contribution in [0.1, 0.15) is 0 Å². The number of hydrogen-bond acceptors (Lipinski definition) is 0. The Morgan fingerprint density at radius 1 is 0.203 bits per heavy atom. The maximum atomic E-state index is 2.52. The van der Waals surface area contributed by atoms with Crippen molar-refractivity contribution in [3.8, 4) is 17.1 Å². The zero-order valence-electron chi connectivity index (χ0n) is 35.0. The van der Waals surface area contributed by atoms with E-state index in [2.05, 4.69) is 262 Å². The van der Waals surface area contributed by atoms with E-state index >= 15 is 0 Å². The molecule has 0 fully saturated rings. The summed E-state index contributed by atoms with van der Waals surface area (Å²) >= 11 is 0. The first kappa shape index (κ1) is 36.5. The summed E-state index contributed by atoms with van der Waals surface area (Å²) in [4.78, 5) is 0. The van der Waals surface area contributed by atoms with Gasteiger partial charge in [0.05, 0.1) is 33.1 Å². The summed E-state index contributed by atoms with van der Waals surface area (Å²) in [5.41, 5.74) is 10.7. The van der Waals surface area contributed by atoms with E-state index in [0.29, 0.717) is 0 Å². The number of rotatable bonds is 7. The van der Waals surface area contributed by atoms with Crippen molar-refractivity contribution in [1.82, 2.24) is 13.7 Å². The predicted molar refractivity (Wildman–Crippen MR) is 273 cm³/mol. The quantitative estimate of drug-likeness (QED) is 0.112. The first-order valence-electron chi connectivity index (χ1n) is 22.1. The Labute approximate surface area is 372 Å². The number of nitrogens with zero attached hydrogens (tertiary/aromatic N) is 3. The molecule has 64 heavy (non-hydrogen) atoms. The van der Waals surface area contributed by atoms with Crippen LogP contribution < -0.4 is 20.7 Å². The first-order valence-corrected chi connectivity index (χ1v) is 24.1. The summed E-state index contributed by atoms with van der Waals surface area (Å²) in [5.74, 6) is 0. The average Bonchev–Trinajstić information content (AvgIpc) is 4.00. The largest absolute Gasteiger partial charge is 0.309 e. The van der Waals surface area contributed by atoms with Crippen molar-refractivity contribution < 1.29 is 0 Å². The molecule has 4 heteroatoms. The third kappa shape index (κ3) is 5.33. The molecule has 0 saturated heterocycles. The standard InChI is InChI=1S/C60H41N3Si/c1-5-20-42(21-6-1)61-55-33-16-13-30-49(55)52-39-48(36-37-58(52)61)64(45-25-9-3-10-26-45,46-27-11-4-12-28-46)47-29-19-24-44(38-47)63-57-35-18-15-32-51(57)54-40-59-53(41-60(54)63)50-31-14-17-34-56(50)62(59)43-22-7-2-8-23-43/h1-41H. The van der Waals surface area contributed by atoms with E-state index in [1.54, 1.807) is 0 Å². The molecule has 0 aliphatic rings. The van der Waals surface area contributed by atoms with Crippen LogP contribution in [0.25, 0.3) is 82.5 Å². The zero-order valence-corrected chi connectivity index (χ0v) is 36.0. The smallest absolute Gasteiger partial charge is 0.179 e. The highest BCUT2D eigenvalue weighted by Gasteiger charge is 2.42. The second-order valence-electron chi connectivity index (χ2n) is 16.9. The van der Waals surface area contributed by atoms with E-state index in [1.807, 2.05) is 0 Å². The van der Waals surface area contributed by atoms with Gasteiger partial charge >= 0.3 is 0 Å². The molecule has 10 aromatic carbocycles. The molecule has 0 bridgehead atoms. The minimum atomic E-state index is -2.99. The van der Waals surface area contributed by atoms with Crippen molar-refractivity contribution in [3.05, 3.63) is 249 Å². The highest BCUT2D eigenvalue weighted by atomic mass is 28.3. The van der Waals surface area contributed by atoms with Gasteiger partial charge in [0.15, 0.2) is 8.07 Å². The van der Waals surface area contributed by atoms with Gasteiger partial charge in [0.2, 0.25) is 0 Å². The van der Waals surface area contributed by atoms with Crippen molar-refractivity contribution in [2.24, 2.45) is 0 Å². The molecular weight excluding hydrogens is 791 g/mol. The first-order chi connectivity index (χ1) is 31.8. The summed E-state index contributed by atoms with van der Waals surface area (Å²) in [7, 11) is -2.99. The highest BCUT2D eigenvalue weighted by molar-refractivity contribution is 7.20. The lowest BCUT2D eigenvalue weighted by atomic mass is 10.1. The second kappa shape index (κ2) is 14.5. The molecule has 0 unspecified atom stereocenters. The SMILES string of the molecule is c1ccc(-n2c3ccccc3c3cc([Si](c4ccccc4)(c4ccccc4)c4cccc(-n5c6ccccc6c6cc7c(cc65)c5ccccc5n7-c5ccccc5)c4)ccc32)cc1. The van der Waals surface area contributed by atoms with Crippen molar-refractivity contribution in [1.29, 1.82) is 0 Å². The van der Waals surface area contributed by atoms with Gasteiger partial charge in [-0.2, -0.15) is 0 Å². The third-order valence-electron chi connectivity index (χ3n) is 13.6. The van der Waals surface area contributed by atoms with E-state index in [4.69, 9.17) is 0 Å². The number of hydrogen-bond donors (Lipinski definition) is 0. The van der Waals surface area contributed by atoms with E-state index in [1.165, 1.54) is 86.2 Å². The maximum absolute atomic E-state index is 2.99.